The topological polar surface area (TPSA) is 0 Å². The molecule has 0 spiro atoms. The molecule has 0 N–H and O–H groups in total. The van der Waals surface area contributed by atoms with Gasteiger partial charge in [0.15, 0.2) is 0 Å². The van der Waals surface area contributed by atoms with E-state index in [2.05, 4.69) is 196 Å². The van der Waals surface area contributed by atoms with E-state index >= 15 is 0 Å². The van der Waals surface area contributed by atoms with Crippen LogP contribution in [-0.4, -0.2) is 0 Å². The van der Waals surface area contributed by atoms with Crippen LogP contribution in [0.2, 0.25) is 0 Å². The molecule has 0 aliphatic heterocycles. The van der Waals surface area contributed by atoms with E-state index in [1.165, 1.54) is 131 Å². The molecule has 2 atom stereocenters. The van der Waals surface area contributed by atoms with E-state index in [-0.39, 0.29) is 5.41 Å². The molecule has 1 heteroatoms. The Labute approximate surface area is 359 Å². The molecule has 0 bridgehead atoms. The molecule has 61 heavy (non-hydrogen) atoms. The highest BCUT2D eigenvalue weighted by Crippen LogP contribution is 2.66. The van der Waals surface area contributed by atoms with Gasteiger partial charge in [-0.1, -0.05) is 166 Å². The first-order chi connectivity index (χ1) is 30.0. The molecule has 1 aromatic heterocycles. The van der Waals surface area contributed by atoms with E-state index in [1.807, 2.05) is 11.3 Å². The number of thiophene rings is 1. The monoisotopic (exact) mass is 792 g/mol. The summed E-state index contributed by atoms with van der Waals surface area (Å²) < 4.78 is 2.69. The Balaban J connectivity index is 1.08. The Hall–Kier alpha value is -6.80. The van der Waals surface area contributed by atoms with Gasteiger partial charge in [0.2, 0.25) is 0 Å². The van der Waals surface area contributed by atoms with E-state index in [4.69, 9.17) is 0 Å². The van der Waals surface area contributed by atoms with Crippen molar-refractivity contribution in [2.24, 2.45) is 0 Å². The van der Waals surface area contributed by atoms with Gasteiger partial charge in [-0.2, -0.15) is 0 Å². The minimum atomic E-state index is -0.0359. The molecule has 0 nitrogen and oxygen atoms in total. The summed E-state index contributed by atoms with van der Waals surface area (Å²) in [6, 6.07) is 69.8. The largest absolute Gasteiger partial charge is 0.135 e. The van der Waals surface area contributed by atoms with Crippen LogP contribution < -0.4 is 0 Å². The van der Waals surface area contributed by atoms with E-state index in [1.54, 1.807) is 5.56 Å². The van der Waals surface area contributed by atoms with Crippen LogP contribution >= 0.6 is 11.3 Å². The second kappa shape index (κ2) is 12.2. The Kier molecular flexibility index (Phi) is 6.77. The predicted molar refractivity (Wildman–Crippen MR) is 261 cm³/mol. The van der Waals surface area contributed by atoms with Gasteiger partial charge in [0, 0.05) is 25.6 Å². The summed E-state index contributed by atoms with van der Waals surface area (Å²) in [5.41, 5.74) is 19.2. The molecule has 1 saturated carbocycles. The maximum Gasteiger partial charge on any atom is 0.0355 e. The van der Waals surface area contributed by atoms with Gasteiger partial charge in [-0.25, -0.2) is 0 Å². The van der Waals surface area contributed by atoms with E-state index < -0.39 is 0 Å². The molecule has 0 amide bonds. The van der Waals surface area contributed by atoms with Gasteiger partial charge >= 0.3 is 0 Å². The lowest BCUT2D eigenvalue weighted by Crippen LogP contribution is -2.14. The maximum absolute atomic E-state index is 2.57. The number of benzene rings is 10. The van der Waals surface area contributed by atoms with Crippen LogP contribution in [0.25, 0.3) is 108 Å². The van der Waals surface area contributed by atoms with Crippen molar-refractivity contribution in [3.63, 3.8) is 0 Å². The molecular formula is C60H40S. The van der Waals surface area contributed by atoms with Crippen LogP contribution in [0.3, 0.4) is 0 Å². The van der Waals surface area contributed by atoms with Crippen molar-refractivity contribution in [3.05, 3.63) is 204 Å². The van der Waals surface area contributed by atoms with Crippen molar-refractivity contribution in [1.82, 2.24) is 0 Å². The fourth-order valence-corrected chi connectivity index (χ4v) is 13.0. The van der Waals surface area contributed by atoms with Crippen molar-refractivity contribution in [1.29, 1.82) is 0 Å². The van der Waals surface area contributed by atoms with Crippen LogP contribution in [0.4, 0.5) is 0 Å². The SMILES string of the molecule is CC1(C)c2ccccc2-c2cc(-c3c4ccccc4c(-c4cc(-c5ccc6sc7ccccc7c6c5)cc5c4-c4ccc6ccccc6c4C4CC54)c4ccccc34)ccc21. The van der Waals surface area contributed by atoms with Crippen LogP contribution in [0, 0.1) is 0 Å². The molecular weight excluding hydrogens is 753 g/mol. The summed E-state index contributed by atoms with van der Waals surface area (Å²) in [7, 11) is 0. The fourth-order valence-electron chi connectivity index (χ4n) is 11.9. The molecule has 286 valence electrons. The van der Waals surface area contributed by atoms with Gasteiger partial charge < -0.3 is 0 Å². The zero-order chi connectivity index (χ0) is 40.1. The Morgan fingerprint density at radius 2 is 1.02 bits per heavy atom. The summed E-state index contributed by atoms with van der Waals surface area (Å²) in [5, 5.41) is 10.6. The van der Waals surface area contributed by atoms with Crippen molar-refractivity contribution >= 4 is 63.8 Å². The number of hydrogen-bond acceptors (Lipinski definition) is 1. The maximum atomic E-state index is 2.57. The predicted octanol–water partition coefficient (Wildman–Crippen LogP) is 17.1. The highest BCUT2D eigenvalue weighted by molar-refractivity contribution is 7.25. The summed E-state index contributed by atoms with van der Waals surface area (Å²) in [5.74, 6) is 1.05. The van der Waals surface area contributed by atoms with E-state index in [0.717, 1.165) is 0 Å². The average Bonchev–Trinajstić information content (AvgIpc) is 3.98. The van der Waals surface area contributed by atoms with Gasteiger partial charge in [0.1, 0.15) is 0 Å². The van der Waals surface area contributed by atoms with E-state index in [0.29, 0.717) is 11.8 Å². The Bertz CT molecular complexity index is 3670. The zero-order valence-corrected chi connectivity index (χ0v) is 34.9. The van der Waals surface area contributed by atoms with Gasteiger partial charge in [0.25, 0.3) is 0 Å². The summed E-state index contributed by atoms with van der Waals surface area (Å²) in [6.45, 7) is 4.74. The number of fused-ring (bicyclic) bond motifs is 16. The second-order valence-electron chi connectivity index (χ2n) is 18.3. The van der Waals surface area contributed by atoms with E-state index in [9.17, 15) is 0 Å². The van der Waals surface area contributed by atoms with Crippen molar-refractivity contribution in [2.45, 2.75) is 37.5 Å². The van der Waals surface area contributed by atoms with Crippen LogP contribution in [0.15, 0.2) is 182 Å². The van der Waals surface area contributed by atoms with Gasteiger partial charge in [-0.15, -0.1) is 11.3 Å². The summed E-state index contributed by atoms with van der Waals surface area (Å²) in [4.78, 5) is 0. The molecule has 0 radical (unpaired) electrons. The Morgan fingerprint density at radius 1 is 0.393 bits per heavy atom. The zero-order valence-electron chi connectivity index (χ0n) is 34.1. The molecule has 14 rings (SSSR count). The van der Waals surface area contributed by atoms with Crippen LogP contribution in [0.1, 0.15) is 54.4 Å². The number of rotatable bonds is 3. The average molecular weight is 793 g/mol. The Morgan fingerprint density at radius 3 is 1.82 bits per heavy atom. The first-order valence-electron chi connectivity index (χ1n) is 21.8. The molecule has 3 aliphatic rings. The van der Waals surface area contributed by atoms with Gasteiger partial charge in [0.05, 0.1) is 0 Å². The third-order valence-electron chi connectivity index (χ3n) is 14.8. The summed E-state index contributed by atoms with van der Waals surface area (Å²) >= 11 is 1.89. The van der Waals surface area contributed by atoms with Crippen LogP contribution in [-0.2, 0) is 5.41 Å². The quantitative estimate of drug-likeness (QED) is 0.156. The lowest BCUT2D eigenvalue weighted by molar-refractivity contribution is 0.660. The normalized spacial score (nSPS) is 16.8. The molecule has 10 aromatic carbocycles. The minimum absolute atomic E-state index is 0.0359. The summed E-state index contributed by atoms with van der Waals surface area (Å²) in [6.07, 6.45) is 1.20. The highest BCUT2D eigenvalue weighted by atomic mass is 32.1. The lowest BCUT2D eigenvalue weighted by atomic mass is 9.76. The molecule has 11 aromatic rings. The fraction of sp³-hybridized carbons (Fsp3) is 0.100. The standard InChI is InChI=1S/C60H40S/c1-60(2)52-21-11-9-15-39(52)47-30-36(24-27-53(47)60)56-41-17-5-7-19-43(41)58(44-20-8-6-18-42(44)56)51-32-37(35-25-28-55-48(29-35)40-16-10-12-22-54(40)61-55)31-49-46-33-50(46)57-38-14-4-3-13-34(38)23-26-45(57)59(49)51/h3-32,46,50H,33H2,1-2H3. The smallest absolute Gasteiger partial charge is 0.0355 e. The van der Waals surface area contributed by atoms with Crippen molar-refractivity contribution < 1.29 is 0 Å². The minimum Gasteiger partial charge on any atom is -0.135 e. The van der Waals surface area contributed by atoms with Gasteiger partial charge in [-0.05, 0) is 159 Å². The first-order valence-corrected chi connectivity index (χ1v) is 22.6. The molecule has 0 saturated heterocycles. The van der Waals surface area contributed by atoms with Crippen molar-refractivity contribution in [2.75, 3.05) is 0 Å². The molecule has 2 unspecified atom stereocenters. The lowest BCUT2D eigenvalue weighted by Gasteiger charge is -2.27. The molecule has 1 heterocycles. The van der Waals surface area contributed by atoms with Crippen LogP contribution in [0.5, 0.6) is 0 Å². The first kappa shape index (κ1) is 34.0. The second-order valence-corrected chi connectivity index (χ2v) is 19.3. The molecule has 1 fully saturated rings. The number of hydrogen-bond donors (Lipinski definition) is 0. The third kappa shape index (κ3) is 4.65. The highest BCUT2D eigenvalue weighted by Gasteiger charge is 2.47. The van der Waals surface area contributed by atoms with Crippen molar-refractivity contribution in [3.8, 4) is 55.6 Å². The molecule has 3 aliphatic carbocycles. The third-order valence-corrected chi connectivity index (χ3v) is 15.9. The van der Waals surface area contributed by atoms with Gasteiger partial charge in [-0.3, -0.25) is 0 Å².